The number of anilines is 1. The van der Waals surface area contributed by atoms with E-state index < -0.39 is 11.8 Å². The van der Waals surface area contributed by atoms with Crippen LogP contribution in [0.3, 0.4) is 0 Å². The van der Waals surface area contributed by atoms with Gasteiger partial charge < -0.3 is 14.8 Å². The molecule has 26 heavy (non-hydrogen) atoms. The van der Waals surface area contributed by atoms with E-state index in [1.54, 1.807) is 24.3 Å². The molecule has 0 saturated carbocycles. The number of nitrogens with zero attached hydrogens (tertiary/aromatic N) is 1. The van der Waals surface area contributed by atoms with E-state index in [4.69, 9.17) is 9.47 Å². The Labute approximate surface area is 150 Å². The maximum Gasteiger partial charge on any atom is 0.261 e. The zero-order valence-electron chi connectivity index (χ0n) is 14.4. The highest BCUT2D eigenvalue weighted by Gasteiger charge is 2.35. The third kappa shape index (κ3) is 3.16. The molecule has 0 saturated heterocycles. The number of methoxy groups -OCH3 is 2. The van der Waals surface area contributed by atoms with Gasteiger partial charge in [0.15, 0.2) is 0 Å². The number of para-hydroxylation sites is 2. The van der Waals surface area contributed by atoms with E-state index in [-0.39, 0.29) is 30.2 Å². The number of benzene rings is 2. The first-order valence-corrected chi connectivity index (χ1v) is 8.00. The number of ether oxygens (including phenoxy) is 2. The predicted octanol–water partition coefficient (Wildman–Crippen LogP) is 2.19. The second kappa shape index (κ2) is 7.37. The van der Waals surface area contributed by atoms with Crippen molar-refractivity contribution in [3.63, 3.8) is 0 Å². The van der Waals surface area contributed by atoms with Crippen molar-refractivity contribution in [3.05, 3.63) is 59.2 Å². The van der Waals surface area contributed by atoms with Crippen LogP contribution in [0.25, 0.3) is 0 Å². The summed E-state index contributed by atoms with van der Waals surface area (Å²) in [7, 11) is 3.01. The molecule has 0 unspecified atom stereocenters. The number of carbonyl (C=O) groups is 3. The summed E-state index contributed by atoms with van der Waals surface area (Å²) in [4.78, 5) is 38.4. The van der Waals surface area contributed by atoms with Crippen molar-refractivity contribution in [2.45, 2.75) is 0 Å². The number of hydrogen-bond donors (Lipinski definition) is 1. The van der Waals surface area contributed by atoms with Gasteiger partial charge in [-0.15, -0.1) is 0 Å². The van der Waals surface area contributed by atoms with E-state index in [9.17, 15) is 14.4 Å². The fourth-order valence-electron chi connectivity index (χ4n) is 2.76. The highest BCUT2D eigenvalue weighted by molar-refractivity contribution is 6.22. The van der Waals surface area contributed by atoms with Gasteiger partial charge in [0.1, 0.15) is 5.75 Å². The third-order valence-corrected chi connectivity index (χ3v) is 4.11. The number of carbonyl (C=O) groups excluding carboxylic acids is 3. The first-order valence-electron chi connectivity index (χ1n) is 8.00. The quantitative estimate of drug-likeness (QED) is 0.804. The number of fused-ring (bicyclic) bond motifs is 1. The average molecular weight is 354 g/mol. The van der Waals surface area contributed by atoms with Crippen molar-refractivity contribution in [1.82, 2.24) is 4.90 Å². The van der Waals surface area contributed by atoms with E-state index in [0.29, 0.717) is 17.0 Å². The Bertz CT molecular complexity index is 878. The minimum absolute atomic E-state index is 0.172. The van der Waals surface area contributed by atoms with Crippen LogP contribution in [0.1, 0.15) is 31.1 Å². The second-order valence-corrected chi connectivity index (χ2v) is 5.67. The van der Waals surface area contributed by atoms with Gasteiger partial charge >= 0.3 is 0 Å². The van der Waals surface area contributed by atoms with Gasteiger partial charge in [-0.2, -0.15) is 0 Å². The van der Waals surface area contributed by atoms with Gasteiger partial charge in [-0.25, -0.2) is 0 Å². The Morgan fingerprint density at radius 1 is 1.04 bits per heavy atom. The van der Waals surface area contributed by atoms with Gasteiger partial charge in [0.2, 0.25) is 0 Å². The Kier molecular flexibility index (Phi) is 4.99. The SMILES string of the molecule is COCCN1C(=O)c2ccc(C(=O)Nc3ccccc3OC)cc2C1=O. The monoisotopic (exact) mass is 354 g/mol. The molecule has 1 heterocycles. The minimum Gasteiger partial charge on any atom is -0.495 e. The fraction of sp³-hybridized carbons (Fsp3) is 0.211. The average Bonchev–Trinajstić information content (AvgIpc) is 2.90. The Morgan fingerprint density at radius 3 is 2.50 bits per heavy atom. The number of amides is 3. The van der Waals surface area contributed by atoms with Crippen molar-refractivity contribution in [1.29, 1.82) is 0 Å². The van der Waals surface area contributed by atoms with E-state index in [1.165, 1.54) is 32.4 Å². The maximum atomic E-state index is 12.5. The van der Waals surface area contributed by atoms with Gasteiger partial charge in [-0.05, 0) is 30.3 Å². The summed E-state index contributed by atoms with van der Waals surface area (Å²) in [5.41, 5.74) is 1.31. The van der Waals surface area contributed by atoms with E-state index in [2.05, 4.69) is 5.32 Å². The number of nitrogens with one attached hydrogen (secondary N) is 1. The molecule has 3 rings (SSSR count). The summed E-state index contributed by atoms with van der Waals surface area (Å²) in [5, 5.41) is 2.75. The zero-order valence-corrected chi connectivity index (χ0v) is 14.4. The molecule has 0 aromatic heterocycles. The number of hydrogen-bond acceptors (Lipinski definition) is 5. The largest absolute Gasteiger partial charge is 0.495 e. The Balaban J connectivity index is 1.84. The molecule has 1 N–H and O–H groups in total. The van der Waals surface area contributed by atoms with Crippen LogP contribution in [0, 0.1) is 0 Å². The van der Waals surface area contributed by atoms with Crippen LogP contribution in [0.15, 0.2) is 42.5 Å². The smallest absolute Gasteiger partial charge is 0.261 e. The molecule has 0 aliphatic carbocycles. The molecule has 2 aromatic rings. The summed E-state index contributed by atoms with van der Waals surface area (Å²) < 4.78 is 10.1. The van der Waals surface area contributed by atoms with E-state index in [0.717, 1.165) is 4.90 Å². The second-order valence-electron chi connectivity index (χ2n) is 5.67. The van der Waals surface area contributed by atoms with Crippen LogP contribution < -0.4 is 10.1 Å². The maximum absolute atomic E-state index is 12.5. The number of imide groups is 1. The van der Waals surface area contributed by atoms with Gasteiger partial charge in [-0.3, -0.25) is 19.3 Å². The topological polar surface area (TPSA) is 84.9 Å². The molecule has 0 spiro atoms. The molecule has 134 valence electrons. The van der Waals surface area contributed by atoms with Crippen LogP contribution in [0.5, 0.6) is 5.75 Å². The highest BCUT2D eigenvalue weighted by atomic mass is 16.5. The van der Waals surface area contributed by atoms with Crippen molar-refractivity contribution in [2.75, 3.05) is 32.7 Å². The Hall–Kier alpha value is -3.19. The van der Waals surface area contributed by atoms with Crippen molar-refractivity contribution < 1.29 is 23.9 Å². The molecule has 7 heteroatoms. The normalized spacial score (nSPS) is 12.9. The first-order chi connectivity index (χ1) is 12.6. The molecular formula is C19H18N2O5. The first kappa shape index (κ1) is 17.6. The molecule has 3 amide bonds. The minimum atomic E-state index is -0.422. The van der Waals surface area contributed by atoms with Gasteiger partial charge in [-0.1, -0.05) is 12.1 Å². The van der Waals surface area contributed by atoms with E-state index >= 15 is 0 Å². The molecule has 7 nitrogen and oxygen atoms in total. The lowest BCUT2D eigenvalue weighted by Crippen LogP contribution is -2.32. The molecule has 0 bridgehead atoms. The lowest BCUT2D eigenvalue weighted by atomic mass is 10.1. The van der Waals surface area contributed by atoms with Gasteiger partial charge in [0.25, 0.3) is 17.7 Å². The zero-order chi connectivity index (χ0) is 18.7. The number of rotatable bonds is 6. The van der Waals surface area contributed by atoms with E-state index in [1.807, 2.05) is 0 Å². The van der Waals surface area contributed by atoms with Crippen LogP contribution >= 0.6 is 0 Å². The fourth-order valence-corrected chi connectivity index (χ4v) is 2.76. The lowest BCUT2D eigenvalue weighted by Gasteiger charge is -2.12. The van der Waals surface area contributed by atoms with Crippen LogP contribution in [0.4, 0.5) is 5.69 Å². The van der Waals surface area contributed by atoms with Crippen LogP contribution in [-0.4, -0.2) is 50.0 Å². The third-order valence-electron chi connectivity index (χ3n) is 4.11. The molecule has 0 fully saturated rings. The van der Waals surface area contributed by atoms with Crippen LogP contribution in [-0.2, 0) is 4.74 Å². The molecule has 1 aliphatic rings. The predicted molar refractivity (Wildman–Crippen MR) is 94.6 cm³/mol. The lowest BCUT2D eigenvalue weighted by molar-refractivity contribution is 0.0603. The molecule has 1 aliphatic heterocycles. The Morgan fingerprint density at radius 2 is 1.77 bits per heavy atom. The summed E-state index contributed by atoms with van der Waals surface area (Å²) in [5.74, 6) is -0.667. The standard InChI is InChI=1S/C19H18N2O5/c1-25-10-9-21-18(23)13-8-7-12(11-14(13)19(21)24)17(22)20-15-5-3-4-6-16(15)26-2/h3-8,11H,9-10H2,1-2H3,(H,20,22). The molecular weight excluding hydrogens is 336 g/mol. The van der Waals surface area contributed by atoms with Crippen molar-refractivity contribution >= 4 is 23.4 Å². The van der Waals surface area contributed by atoms with Crippen LogP contribution in [0.2, 0.25) is 0 Å². The van der Waals surface area contributed by atoms with Gasteiger partial charge in [0.05, 0.1) is 37.1 Å². The molecule has 2 aromatic carbocycles. The summed E-state index contributed by atoms with van der Waals surface area (Å²) in [6.45, 7) is 0.429. The highest BCUT2D eigenvalue weighted by Crippen LogP contribution is 2.26. The summed E-state index contributed by atoms with van der Waals surface area (Å²) in [6, 6.07) is 11.5. The summed E-state index contributed by atoms with van der Waals surface area (Å²) >= 11 is 0. The molecule has 0 atom stereocenters. The van der Waals surface area contributed by atoms with Crippen molar-refractivity contribution in [2.24, 2.45) is 0 Å². The summed E-state index contributed by atoms with van der Waals surface area (Å²) in [6.07, 6.45) is 0. The van der Waals surface area contributed by atoms with Crippen molar-refractivity contribution in [3.8, 4) is 5.75 Å². The van der Waals surface area contributed by atoms with Gasteiger partial charge in [0, 0.05) is 12.7 Å². The molecule has 0 radical (unpaired) electrons.